The van der Waals surface area contributed by atoms with Gasteiger partial charge in [-0.1, -0.05) is 30.3 Å². The summed E-state index contributed by atoms with van der Waals surface area (Å²) in [6.45, 7) is 0.351. The highest BCUT2D eigenvalue weighted by Crippen LogP contribution is 2.29. The van der Waals surface area contributed by atoms with Crippen molar-refractivity contribution in [2.24, 2.45) is 0 Å². The zero-order valence-electron chi connectivity index (χ0n) is 11.2. The van der Waals surface area contributed by atoms with Crippen molar-refractivity contribution < 1.29 is 19.2 Å². The summed E-state index contributed by atoms with van der Waals surface area (Å²) in [6, 6.07) is 9.56. The van der Waals surface area contributed by atoms with Gasteiger partial charge in [-0.05, 0) is 18.4 Å². The summed E-state index contributed by atoms with van der Waals surface area (Å²) in [5, 5.41) is 1.41. The van der Waals surface area contributed by atoms with Crippen molar-refractivity contribution in [2.75, 3.05) is 0 Å². The summed E-state index contributed by atoms with van der Waals surface area (Å²) in [7, 11) is 0. The van der Waals surface area contributed by atoms with Crippen LogP contribution in [0.2, 0.25) is 0 Å². The van der Waals surface area contributed by atoms with Crippen LogP contribution in [-0.2, 0) is 25.8 Å². The molecule has 1 amide bonds. The maximum Gasteiger partial charge on any atom is 0.306 e. The van der Waals surface area contributed by atoms with E-state index < -0.39 is 0 Å². The highest BCUT2D eigenvalue weighted by molar-refractivity contribution is 5.78. The number of carbonyl (C=O) groups is 2. The monoisotopic (exact) mass is 275 g/mol. The van der Waals surface area contributed by atoms with E-state index in [-0.39, 0.29) is 24.0 Å². The predicted octanol–water partition coefficient (Wildman–Crippen LogP) is 1.81. The quantitative estimate of drug-likeness (QED) is 0.786. The molecule has 2 saturated heterocycles. The Morgan fingerprint density at radius 3 is 2.65 bits per heavy atom. The summed E-state index contributed by atoms with van der Waals surface area (Å²) < 4.78 is 5.26. The van der Waals surface area contributed by atoms with Crippen LogP contribution in [0.4, 0.5) is 0 Å². The van der Waals surface area contributed by atoms with Gasteiger partial charge in [0.25, 0.3) is 0 Å². The van der Waals surface area contributed by atoms with Crippen LogP contribution in [0, 0.1) is 0 Å². The first kappa shape index (κ1) is 13.1. The first-order valence-corrected chi connectivity index (χ1v) is 6.92. The zero-order valence-corrected chi connectivity index (χ0v) is 11.2. The summed E-state index contributed by atoms with van der Waals surface area (Å²) in [5.41, 5.74) is 1.01. The maximum absolute atomic E-state index is 11.9. The smallest absolute Gasteiger partial charge is 0.306 e. The Balaban J connectivity index is 1.63. The van der Waals surface area contributed by atoms with Crippen LogP contribution in [-0.4, -0.2) is 29.1 Å². The minimum Gasteiger partial charge on any atom is -0.460 e. The van der Waals surface area contributed by atoms with Gasteiger partial charge >= 0.3 is 5.97 Å². The molecule has 5 heteroatoms. The second-order valence-corrected chi connectivity index (χ2v) is 5.15. The Bertz CT molecular complexity index is 502. The normalized spacial score (nSPS) is 26.1. The molecule has 20 heavy (non-hydrogen) atoms. The lowest BCUT2D eigenvalue weighted by molar-refractivity contribution is -0.206. The first-order chi connectivity index (χ1) is 9.74. The highest BCUT2D eigenvalue weighted by Gasteiger charge is 2.42. The standard InChI is InChI=1S/C15H17NO4/c17-14-8-6-12(13-7-9-15(18)20-13)16(14)19-10-11-4-2-1-3-5-11/h1-5,12-13H,6-10H2/t12-,13-/m0/s1. The molecule has 2 aliphatic rings. The summed E-state index contributed by atoms with van der Waals surface area (Å²) in [4.78, 5) is 28.8. The molecule has 0 saturated carbocycles. The van der Waals surface area contributed by atoms with Gasteiger partial charge in [-0.25, -0.2) is 5.06 Å². The third-order valence-electron chi connectivity index (χ3n) is 3.76. The lowest BCUT2D eigenvalue weighted by Gasteiger charge is -2.27. The number of hydroxylamine groups is 2. The average molecular weight is 275 g/mol. The van der Waals surface area contributed by atoms with E-state index in [1.807, 2.05) is 30.3 Å². The molecule has 2 fully saturated rings. The Labute approximate surface area is 117 Å². The fourth-order valence-electron chi connectivity index (χ4n) is 2.72. The molecule has 0 spiro atoms. The molecule has 0 unspecified atom stereocenters. The van der Waals surface area contributed by atoms with Crippen LogP contribution in [0.25, 0.3) is 0 Å². The molecular formula is C15H17NO4. The van der Waals surface area contributed by atoms with Gasteiger partial charge in [0.2, 0.25) is 5.91 Å². The molecule has 0 radical (unpaired) electrons. The average Bonchev–Trinajstić information content (AvgIpc) is 3.04. The molecule has 106 valence electrons. The van der Waals surface area contributed by atoms with E-state index in [0.29, 0.717) is 32.3 Å². The summed E-state index contributed by atoms with van der Waals surface area (Å²) in [6.07, 6.45) is 2.02. The number of amides is 1. The van der Waals surface area contributed by atoms with E-state index in [2.05, 4.69) is 0 Å². The molecule has 2 heterocycles. The van der Waals surface area contributed by atoms with E-state index in [0.717, 1.165) is 5.56 Å². The van der Waals surface area contributed by atoms with Crippen LogP contribution >= 0.6 is 0 Å². The minimum atomic E-state index is -0.218. The van der Waals surface area contributed by atoms with Gasteiger partial charge < -0.3 is 4.74 Å². The van der Waals surface area contributed by atoms with Crippen LogP contribution in [0.5, 0.6) is 0 Å². The third kappa shape index (κ3) is 2.67. The van der Waals surface area contributed by atoms with Gasteiger partial charge in [-0.15, -0.1) is 0 Å². The number of nitrogens with zero attached hydrogens (tertiary/aromatic N) is 1. The molecule has 0 N–H and O–H groups in total. The van der Waals surface area contributed by atoms with Crippen molar-refractivity contribution in [3.8, 4) is 0 Å². The zero-order chi connectivity index (χ0) is 13.9. The van der Waals surface area contributed by atoms with E-state index in [4.69, 9.17) is 9.57 Å². The molecule has 2 aliphatic heterocycles. The number of hydrogen-bond donors (Lipinski definition) is 0. The molecule has 1 aromatic carbocycles. The van der Waals surface area contributed by atoms with Gasteiger partial charge in [0.15, 0.2) is 0 Å². The van der Waals surface area contributed by atoms with Crippen LogP contribution in [0.1, 0.15) is 31.2 Å². The number of hydrogen-bond acceptors (Lipinski definition) is 4. The third-order valence-corrected chi connectivity index (χ3v) is 3.76. The molecule has 0 aliphatic carbocycles. The molecule has 1 aromatic rings. The van der Waals surface area contributed by atoms with Gasteiger partial charge in [-0.2, -0.15) is 0 Å². The van der Waals surface area contributed by atoms with Gasteiger partial charge in [-0.3, -0.25) is 14.4 Å². The molecule has 3 rings (SSSR count). The maximum atomic E-state index is 11.9. The van der Waals surface area contributed by atoms with E-state index >= 15 is 0 Å². The van der Waals surface area contributed by atoms with Gasteiger partial charge in [0.1, 0.15) is 12.7 Å². The summed E-state index contributed by atoms with van der Waals surface area (Å²) >= 11 is 0. The second kappa shape index (κ2) is 5.63. The Hall–Kier alpha value is -1.88. The SMILES string of the molecule is O=C1CC[C@@H]([C@@H]2CCC(=O)N2OCc2ccccc2)O1. The fraction of sp³-hybridized carbons (Fsp3) is 0.467. The number of carbonyl (C=O) groups excluding carboxylic acids is 2. The van der Waals surface area contributed by atoms with Crippen LogP contribution in [0.15, 0.2) is 30.3 Å². The van der Waals surface area contributed by atoms with E-state index in [1.165, 1.54) is 5.06 Å². The van der Waals surface area contributed by atoms with Crippen molar-refractivity contribution >= 4 is 11.9 Å². The number of cyclic esters (lactones) is 1. The number of esters is 1. The number of ether oxygens (including phenoxy) is 1. The largest absolute Gasteiger partial charge is 0.460 e. The number of rotatable bonds is 4. The second-order valence-electron chi connectivity index (χ2n) is 5.15. The van der Waals surface area contributed by atoms with Crippen LogP contribution < -0.4 is 0 Å². The molecule has 0 aromatic heterocycles. The Morgan fingerprint density at radius 2 is 1.95 bits per heavy atom. The van der Waals surface area contributed by atoms with Crippen molar-refractivity contribution in [2.45, 2.75) is 44.4 Å². The van der Waals surface area contributed by atoms with Crippen LogP contribution in [0.3, 0.4) is 0 Å². The van der Waals surface area contributed by atoms with E-state index in [1.54, 1.807) is 0 Å². The first-order valence-electron chi connectivity index (χ1n) is 6.92. The number of benzene rings is 1. The van der Waals surface area contributed by atoms with Gasteiger partial charge in [0.05, 0.1) is 6.04 Å². The Morgan fingerprint density at radius 1 is 1.15 bits per heavy atom. The van der Waals surface area contributed by atoms with Crippen molar-refractivity contribution in [1.29, 1.82) is 0 Å². The topological polar surface area (TPSA) is 55.8 Å². The van der Waals surface area contributed by atoms with Crippen molar-refractivity contribution in [3.63, 3.8) is 0 Å². The highest BCUT2D eigenvalue weighted by atomic mass is 16.7. The Kier molecular flexibility index (Phi) is 3.69. The lowest BCUT2D eigenvalue weighted by Crippen LogP contribution is -2.40. The summed E-state index contributed by atoms with van der Waals surface area (Å²) in [5.74, 6) is -0.216. The predicted molar refractivity (Wildman–Crippen MR) is 70.2 cm³/mol. The minimum absolute atomic E-state index is 0.0334. The molecule has 2 atom stereocenters. The molecule has 0 bridgehead atoms. The van der Waals surface area contributed by atoms with Crippen molar-refractivity contribution in [1.82, 2.24) is 5.06 Å². The lowest BCUT2D eigenvalue weighted by atomic mass is 10.1. The van der Waals surface area contributed by atoms with E-state index in [9.17, 15) is 9.59 Å². The molecular weight excluding hydrogens is 258 g/mol. The molecule has 5 nitrogen and oxygen atoms in total. The van der Waals surface area contributed by atoms with Crippen molar-refractivity contribution in [3.05, 3.63) is 35.9 Å². The fourth-order valence-corrected chi connectivity index (χ4v) is 2.72. The van der Waals surface area contributed by atoms with Gasteiger partial charge in [0, 0.05) is 12.8 Å².